The zero-order chi connectivity index (χ0) is 29.7. The Balaban J connectivity index is 2.03. The van der Waals surface area contributed by atoms with Crippen LogP contribution in [0, 0.1) is 13.8 Å². The lowest BCUT2D eigenvalue weighted by Gasteiger charge is -2.33. The molecule has 40 heavy (non-hydrogen) atoms. The van der Waals surface area contributed by atoms with Gasteiger partial charge in [0.25, 0.3) is 10.0 Å². The van der Waals surface area contributed by atoms with Crippen molar-refractivity contribution in [3.05, 3.63) is 89.5 Å². The van der Waals surface area contributed by atoms with Crippen LogP contribution in [-0.2, 0) is 26.2 Å². The van der Waals surface area contributed by atoms with Gasteiger partial charge in [-0.3, -0.25) is 13.9 Å². The van der Waals surface area contributed by atoms with Gasteiger partial charge in [0, 0.05) is 17.0 Å². The van der Waals surface area contributed by atoms with Gasteiger partial charge in [0.1, 0.15) is 12.6 Å². The summed E-state index contributed by atoms with van der Waals surface area (Å²) in [6.45, 7) is 10.8. The van der Waals surface area contributed by atoms with E-state index in [0.717, 1.165) is 25.9 Å². The molecule has 3 aromatic rings. The minimum Gasteiger partial charge on any atom is -0.350 e. The molecule has 1 unspecified atom stereocenters. The van der Waals surface area contributed by atoms with E-state index in [1.807, 2.05) is 77.3 Å². The molecule has 0 aromatic heterocycles. The number of carbonyl (C=O) groups excluding carboxylic acids is 2. The lowest BCUT2D eigenvalue weighted by atomic mass is 10.1. The highest BCUT2D eigenvalue weighted by Gasteiger charge is 2.33. The minimum atomic E-state index is -4.10. The topological polar surface area (TPSA) is 86.8 Å². The Morgan fingerprint density at radius 2 is 1.55 bits per heavy atom. The number of benzene rings is 3. The molecule has 0 aliphatic heterocycles. The van der Waals surface area contributed by atoms with E-state index < -0.39 is 34.1 Å². The molecule has 2 amide bonds. The minimum absolute atomic E-state index is 0.0856. The molecule has 0 aliphatic carbocycles. The summed E-state index contributed by atoms with van der Waals surface area (Å²) in [5.41, 5.74) is 2.71. The fourth-order valence-electron chi connectivity index (χ4n) is 4.18. The second-order valence-electron chi connectivity index (χ2n) is 10.9. The number of hydrogen-bond donors (Lipinski definition) is 1. The quantitative estimate of drug-likeness (QED) is 0.317. The summed E-state index contributed by atoms with van der Waals surface area (Å²) in [4.78, 5) is 29.7. The summed E-state index contributed by atoms with van der Waals surface area (Å²) in [6, 6.07) is 20.5. The lowest BCUT2D eigenvalue weighted by molar-refractivity contribution is -0.140. The fourth-order valence-corrected chi connectivity index (χ4v) is 6.00. The average Bonchev–Trinajstić information content (AvgIpc) is 2.89. The highest BCUT2D eigenvalue weighted by Crippen LogP contribution is 2.26. The number of carbonyl (C=O) groups is 2. The van der Waals surface area contributed by atoms with Crippen LogP contribution in [0.15, 0.2) is 82.6 Å². The van der Waals surface area contributed by atoms with E-state index in [1.165, 1.54) is 16.7 Å². The zero-order valence-corrected chi connectivity index (χ0v) is 25.9. The maximum Gasteiger partial charge on any atom is 0.264 e. The van der Waals surface area contributed by atoms with Crippen molar-refractivity contribution < 1.29 is 18.0 Å². The van der Waals surface area contributed by atoms with Crippen molar-refractivity contribution in [1.82, 2.24) is 10.2 Å². The number of rotatable bonds is 10. The van der Waals surface area contributed by atoms with Gasteiger partial charge in [0.15, 0.2) is 0 Å². The third kappa shape index (κ3) is 8.11. The van der Waals surface area contributed by atoms with E-state index in [1.54, 1.807) is 43.3 Å². The summed E-state index contributed by atoms with van der Waals surface area (Å²) in [7, 11) is -4.10. The molecule has 214 valence electrons. The van der Waals surface area contributed by atoms with Crippen LogP contribution in [0.2, 0.25) is 0 Å². The largest absolute Gasteiger partial charge is 0.350 e. The molecular formula is C31H39N3O4S2. The Morgan fingerprint density at radius 3 is 2.10 bits per heavy atom. The van der Waals surface area contributed by atoms with Crippen molar-refractivity contribution in [3.63, 3.8) is 0 Å². The van der Waals surface area contributed by atoms with Gasteiger partial charge in [-0.2, -0.15) is 0 Å². The Morgan fingerprint density at radius 1 is 0.925 bits per heavy atom. The highest BCUT2D eigenvalue weighted by atomic mass is 32.2. The van der Waals surface area contributed by atoms with E-state index in [-0.39, 0.29) is 17.3 Å². The second kappa shape index (κ2) is 12.9. The first-order valence-electron chi connectivity index (χ1n) is 13.1. The maximum atomic E-state index is 14.0. The number of nitrogens with zero attached hydrogens (tertiary/aromatic N) is 2. The summed E-state index contributed by atoms with van der Waals surface area (Å²) in [6.07, 6.45) is 1.92. The molecule has 9 heteroatoms. The number of thioether (sulfide) groups is 1. The first-order chi connectivity index (χ1) is 18.7. The molecule has 0 spiro atoms. The SMILES string of the molecule is CSc1ccc(S(=O)(=O)N(CC(=O)N(Cc2cccc(C)c2)C(C)C(=O)NC(C)(C)C)c2ccc(C)cc2)cc1. The van der Waals surface area contributed by atoms with Crippen LogP contribution in [0.5, 0.6) is 0 Å². The van der Waals surface area contributed by atoms with Crippen molar-refractivity contribution in [2.75, 3.05) is 17.1 Å². The summed E-state index contributed by atoms with van der Waals surface area (Å²) in [5, 5.41) is 2.94. The van der Waals surface area contributed by atoms with Crippen LogP contribution in [0.3, 0.4) is 0 Å². The molecule has 1 N–H and O–H groups in total. The number of aryl methyl sites for hydroxylation is 2. The van der Waals surface area contributed by atoms with Crippen LogP contribution in [0.4, 0.5) is 5.69 Å². The highest BCUT2D eigenvalue weighted by molar-refractivity contribution is 7.98. The molecule has 0 saturated carbocycles. The number of nitrogens with one attached hydrogen (secondary N) is 1. The standard InChI is InChI=1S/C31H39N3O4S2/c1-22-11-13-26(14-12-22)34(40(37,38)28-17-15-27(39-7)16-18-28)21-29(35)33(20-25-10-8-9-23(2)19-25)24(3)30(36)32-31(4,5)6/h8-19,24H,20-21H2,1-7H3,(H,32,36). The van der Waals surface area contributed by atoms with E-state index in [2.05, 4.69) is 5.32 Å². The predicted octanol–water partition coefficient (Wildman–Crippen LogP) is 5.55. The Bertz CT molecular complexity index is 1430. The third-order valence-electron chi connectivity index (χ3n) is 6.35. The molecule has 0 fully saturated rings. The molecule has 3 aromatic carbocycles. The van der Waals surface area contributed by atoms with Crippen molar-refractivity contribution >= 4 is 39.3 Å². The zero-order valence-electron chi connectivity index (χ0n) is 24.3. The van der Waals surface area contributed by atoms with Gasteiger partial charge in [-0.15, -0.1) is 11.8 Å². The predicted molar refractivity (Wildman–Crippen MR) is 163 cm³/mol. The van der Waals surface area contributed by atoms with Crippen LogP contribution >= 0.6 is 11.8 Å². The van der Waals surface area contributed by atoms with Crippen molar-refractivity contribution in [1.29, 1.82) is 0 Å². The first-order valence-corrected chi connectivity index (χ1v) is 15.8. The maximum absolute atomic E-state index is 14.0. The summed E-state index contributed by atoms with van der Waals surface area (Å²) in [5.74, 6) is -0.797. The molecule has 0 saturated heterocycles. The average molecular weight is 582 g/mol. The third-order valence-corrected chi connectivity index (χ3v) is 8.88. The number of anilines is 1. The van der Waals surface area contributed by atoms with E-state index in [4.69, 9.17) is 0 Å². The Hall–Kier alpha value is -3.30. The van der Waals surface area contributed by atoms with Gasteiger partial charge in [0.2, 0.25) is 11.8 Å². The molecule has 0 aliphatic rings. The van der Waals surface area contributed by atoms with Crippen LogP contribution in [0.1, 0.15) is 44.4 Å². The van der Waals surface area contributed by atoms with E-state index in [0.29, 0.717) is 5.69 Å². The second-order valence-corrected chi connectivity index (χ2v) is 13.7. The number of sulfonamides is 1. The molecular weight excluding hydrogens is 542 g/mol. The van der Waals surface area contributed by atoms with E-state index in [9.17, 15) is 18.0 Å². The molecule has 0 bridgehead atoms. The van der Waals surface area contributed by atoms with Gasteiger partial charge < -0.3 is 10.2 Å². The van der Waals surface area contributed by atoms with Crippen molar-refractivity contribution in [3.8, 4) is 0 Å². The van der Waals surface area contributed by atoms with Gasteiger partial charge in [0.05, 0.1) is 10.6 Å². The van der Waals surface area contributed by atoms with Crippen molar-refractivity contribution in [2.24, 2.45) is 0 Å². The molecule has 3 rings (SSSR count). The normalized spacial score (nSPS) is 12.5. The monoisotopic (exact) mass is 581 g/mol. The van der Waals surface area contributed by atoms with Crippen LogP contribution in [-0.4, -0.2) is 49.5 Å². The molecule has 7 nitrogen and oxygen atoms in total. The molecule has 1 atom stereocenters. The van der Waals surface area contributed by atoms with Crippen LogP contribution < -0.4 is 9.62 Å². The lowest BCUT2D eigenvalue weighted by Crippen LogP contribution is -2.54. The first kappa shape index (κ1) is 31.2. The summed E-state index contributed by atoms with van der Waals surface area (Å²) >= 11 is 1.51. The van der Waals surface area contributed by atoms with Gasteiger partial charge in [-0.1, -0.05) is 47.5 Å². The summed E-state index contributed by atoms with van der Waals surface area (Å²) < 4.78 is 29.0. The number of hydrogen-bond acceptors (Lipinski definition) is 5. The number of amides is 2. The smallest absolute Gasteiger partial charge is 0.264 e. The molecule has 0 heterocycles. The van der Waals surface area contributed by atoms with Gasteiger partial charge in [-0.25, -0.2) is 8.42 Å². The van der Waals surface area contributed by atoms with Crippen LogP contribution in [0.25, 0.3) is 0 Å². The molecule has 0 radical (unpaired) electrons. The Labute approximate surface area is 243 Å². The van der Waals surface area contributed by atoms with Crippen molar-refractivity contribution in [2.45, 2.75) is 69.5 Å². The Kier molecular flexibility index (Phi) is 10.1. The van der Waals surface area contributed by atoms with Gasteiger partial charge in [-0.05, 0) is 89.8 Å². The van der Waals surface area contributed by atoms with E-state index >= 15 is 0 Å². The fraction of sp³-hybridized carbons (Fsp3) is 0.355. The van der Waals surface area contributed by atoms with Gasteiger partial charge >= 0.3 is 0 Å².